The molecule has 1 heterocycles. The molecule has 0 aliphatic heterocycles. The fourth-order valence-corrected chi connectivity index (χ4v) is 2.36. The summed E-state index contributed by atoms with van der Waals surface area (Å²) in [4.78, 5) is 14.8. The lowest BCUT2D eigenvalue weighted by atomic mass is 9.86. The minimum atomic E-state index is -0.353. The van der Waals surface area contributed by atoms with Crippen LogP contribution in [-0.4, -0.2) is 9.91 Å². The second-order valence-corrected chi connectivity index (χ2v) is 5.59. The van der Waals surface area contributed by atoms with Crippen molar-refractivity contribution in [2.24, 2.45) is 0 Å². The van der Waals surface area contributed by atoms with E-state index in [0.717, 1.165) is 15.8 Å². The van der Waals surface area contributed by atoms with Crippen molar-refractivity contribution in [2.75, 3.05) is 0 Å². The number of nitro groups is 1. The molecule has 0 bridgehead atoms. The van der Waals surface area contributed by atoms with E-state index in [2.05, 4.69) is 4.98 Å². The van der Waals surface area contributed by atoms with Crippen molar-refractivity contribution in [3.05, 3.63) is 33.3 Å². The largest absolute Gasteiger partial charge is 0.271 e. The maximum atomic E-state index is 10.8. The van der Waals surface area contributed by atoms with Crippen LogP contribution in [0.1, 0.15) is 26.3 Å². The van der Waals surface area contributed by atoms with Gasteiger partial charge in [0.2, 0.25) is 0 Å². The van der Waals surface area contributed by atoms with Gasteiger partial charge in [0, 0.05) is 12.1 Å². The molecule has 84 valence electrons. The Hall–Kier alpha value is -1.49. The van der Waals surface area contributed by atoms with Gasteiger partial charge in [-0.05, 0) is 11.0 Å². The second-order valence-electron chi connectivity index (χ2n) is 4.70. The van der Waals surface area contributed by atoms with Crippen molar-refractivity contribution in [3.8, 4) is 0 Å². The number of aromatic nitrogens is 1. The highest BCUT2D eigenvalue weighted by Crippen LogP contribution is 2.34. The Morgan fingerprint density at radius 1 is 1.38 bits per heavy atom. The van der Waals surface area contributed by atoms with E-state index < -0.39 is 0 Å². The number of non-ortho nitro benzene ring substituents is 1. The molecule has 2 aromatic rings. The first-order valence-corrected chi connectivity index (χ1v) is 5.79. The predicted octanol–water partition coefficient (Wildman–Crippen LogP) is 3.50. The van der Waals surface area contributed by atoms with Gasteiger partial charge >= 0.3 is 0 Å². The van der Waals surface area contributed by atoms with Crippen LogP contribution < -0.4 is 0 Å². The molecule has 0 N–H and O–H groups in total. The van der Waals surface area contributed by atoms with Crippen LogP contribution in [0.5, 0.6) is 0 Å². The number of hydrogen-bond donors (Lipinski definition) is 0. The Morgan fingerprint density at radius 3 is 2.62 bits per heavy atom. The summed E-state index contributed by atoms with van der Waals surface area (Å²) in [6.45, 7) is 6.10. The summed E-state index contributed by atoms with van der Waals surface area (Å²) in [5.41, 5.74) is 3.53. The van der Waals surface area contributed by atoms with E-state index in [4.69, 9.17) is 0 Å². The van der Waals surface area contributed by atoms with Crippen molar-refractivity contribution in [1.29, 1.82) is 0 Å². The fraction of sp³-hybridized carbons (Fsp3) is 0.364. The normalized spacial score (nSPS) is 11.9. The highest BCUT2D eigenvalue weighted by Gasteiger charge is 2.22. The molecule has 0 unspecified atom stereocenters. The van der Waals surface area contributed by atoms with Gasteiger partial charge in [0.15, 0.2) is 0 Å². The molecule has 0 radical (unpaired) electrons. The summed E-state index contributed by atoms with van der Waals surface area (Å²) in [6, 6.07) is 3.21. The lowest BCUT2D eigenvalue weighted by Gasteiger charge is -2.19. The molecule has 0 aliphatic rings. The van der Waals surface area contributed by atoms with E-state index in [0.29, 0.717) is 0 Å². The number of fused-ring (bicyclic) bond motifs is 1. The zero-order chi connectivity index (χ0) is 11.9. The Bertz CT molecular complexity index is 555. The molecule has 0 aliphatic carbocycles. The van der Waals surface area contributed by atoms with Crippen LogP contribution in [0.2, 0.25) is 0 Å². The molecule has 16 heavy (non-hydrogen) atoms. The van der Waals surface area contributed by atoms with Gasteiger partial charge in [0.05, 0.1) is 20.7 Å². The third-order valence-corrected chi connectivity index (χ3v) is 3.22. The maximum Gasteiger partial charge on any atom is 0.271 e. The topological polar surface area (TPSA) is 56.0 Å². The van der Waals surface area contributed by atoms with Gasteiger partial charge in [-0.1, -0.05) is 20.8 Å². The van der Waals surface area contributed by atoms with Gasteiger partial charge in [-0.25, -0.2) is 4.98 Å². The van der Waals surface area contributed by atoms with E-state index >= 15 is 0 Å². The summed E-state index contributed by atoms with van der Waals surface area (Å²) >= 11 is 1.43. The van der Waals surface area contributed by atoms with Gasteiger partial charge in [0.1, 0.15) is 0 Å². The Labute approximate surface area is 97.1 Å². The summed E-state index contributed by atoms with van der Waals surface area (Å²) in [5, 5.41) is 10.8. The van der Waals surface area contributed by atoms with E-state index in [9.17, 15) is 10.1 Å². The Morgan fingerprint density at radius 2 is 2.06 bits per heavy atom. The average molecular weight is 236 g/mol. The van der Waals surface area contributed by atoms with Gasteiger partial charge in [0.25, 0.3) is 5.69 Å². The number of nitrogens with zero attached hydrogens (tertiary/aromatic N) is 2. The fourth-order valence-electron chi connectivity index (χ4n) is 1.63. The van der Waals surface area contributed by atoms with Crippen molar-refractivity contribution in [2.45, 2.75) is 26.2 Å². The van der Waals surface area contributed by atoms with Gasteiger partial charge in [-0.2, -0.15) is 0 Å². The molecule has 0 fully saturated rings. The van der Waals surface area contributed by atoms with Crippen molar-refractivity contribution in [1.82, 2.24) is 4.98 Å². The van der Waals surface area contributed by atoms with Crippen LogP contribution in [0.3, 0.4) is 0 Å². The molecule has 0 saturated carbocycles. The summed E-state index contributed by atoms with van der Waals surface area (Å²) in [6.07, 6.45) is 0. The molecule has 4 nitrogen and oxygen atoms in total. The molecule has 0 spiro atoms. The maximum absolute atomic E-state index is 10.8. The summed E-state index contributed by atoms with van der Waals surface area (Å²) in [5.74, 6) is 0. The number of benzene rings is 1. The zero-order valence-electron chi connectivity index (χ0n) is 9.35. The lowest BCUT2D eigenvalue weighted by molar-refractivity contribution is -0.384. The summed E-state index contributed by atoms with van der Waals surface area (Å²) < 4.78 is 0.874. The smallest absolute Gasteiger partial charge is 0.258 e. The first-order chi connectivity index (χ1) is 7.39. The van der Waals surface area contributed by atoms with E-state index in [1.165, 1.54) is 11.3 Å². The SMILES string of the molecule is CC(C)(C)c1cc([N+](=O)[O-])cc2scnc12. The van der Waals surface area contributed by atoms with Gasteiger partial charge in [-0.15, -0.1) is 11.3 Å². The molecule has 0 atom stereocenters. The highest BCUT2D eigenvalue weighted by molar-refractivity contribution is 7.16. The van der Waals surface area contributed by atoms with Crippen LogP contribution in [0.25, 0.3) is 10.2 Å². The van der Waals surface area contributed by atoms with E-state index in [-0.39, 0.29) is 16.0 Å². The monoisotopic (exact) mass is 236 g/mol. The Balaban J connectivity index is 2.79. The average Bonchev–Trinajstić information content (AvgIpc) is 2.61. The van der Waals surface area contributed by atoms with Crippen LogP contribution in [0.4, 0.5) is 5.69 Å². The predicted molar refractivity (Wildman–Crippen MR) is 65.0 cm³/mol. The second kappa shape index (κ2) is 3.52. The molecule has 0 saturated heterocycles. The van der Waals surface area contributed by atoms with Gasteiger partial charge < -0.3 is 0 Å². The van der Waals surface area contributed by atoms with E-state index in [1.807, 2.05) is 20.8 Å². The minimum Gasteiger partial charge on any atom is -0.258 e. The van der Waals surface area contributed by atoms with Crippen molar-refractivity contribution in [3.63, 3.8) is 0 Å². The quantitative estimate of drug-likeness (QED) is 0.562. The molecule has 5 heteroatoms. The van der Waals surface area contributed by atoms with Crippen LogP contribution >= 0.6 is 11.3 Å². The molecule has 0 amide bonds. The molecule has 1 aromatic carbocycles. The molecular weight excluding hydrogens is 224 g/mol. The molecular formula is C11H12N2O2S. The lowest BCUT2D eigenvalue weighted by Crippen LogP contribution is -2.12. The van der Waals surface area contributed by atoms with Crippen LogP contribution in [-0.2, 0) is 5.41 Å². The first-order valence-electron chi connectivity index (χ1n) is 4.92. The number of nitro benzene ring substituents is 1. The highest BCUT2D eigenvalue weighted by atomic mass is 32.1. The number of rotatable bonds is 1. The van der Waals surface area contributed by atoms with E-state index in [1.54, 1.807) is 17.6 Å². The molecule has 2 rings (SSSR count). The zero-order valence-corrected chi connectivity index (χ0v) is 10.2. The number of thiazole rings is 1. The first kappa shape index (κ1) is 11.0. The molecule has 1 aromatic heterocycles. The van der Waals surface area contributed by atoms with Crippen molar-refractivity contribution >= 4 is 27.2 Å². The van der Waals surface area contributed by atoms with Gasteiger partial charge in [-0.3, -0.25) is 10.1 Å². The standard InChI is InChI=1S/C11H12N2O2S/c1-11(2,3)8-4-7(13(14)15)5-9-10(8)12-6-16-9/h4-6H,1-3H3. The third kappa shape index (κ3) is 1.78. The van der Waals surface area contributed by atoms with Crippen LogP contribution in [0, 0.1) is 10.1 Å². The van der Waals surface area contributed by atoms with Crippen molar-refractivity contribution < 1.29 is 4.92 Å². The Kier molecular flexibility index (Phi) is 2.42. The third-order valence-electron chi connectivity index (χ3n) is 2.44. The summed E-state index contributed by atoms with van der Waals surface area (Å²) in [7, 11) is 0. The van der Waals surface area contributed by atoms with Crippen LogP contribution in [0.15, 0.2) is 17.6 Å². The number of hydrogen-bond acceptors (Lipinski definition) is 4. The minimum absolute atomic E-state index is 0.140.